The minimum Gasteiger partial charge on any atom is -0.437 e. The average Bonchev–Trinajstić information content (AvgIpc) is 3.40. The van der Waals surface area contributed by atoms with Gasteiger partial charge in [-0.3, -0.25) is 4.98 Å². The second-order valence-corrected chi connectivity index (χ2v) is 9.14. The van der Waals surface area contributed by atoms with Crippen LogP contribution in [0.2, 0.25) is 0 Å². The normalized spacial score (nSPS) is 10.8. The van der Waals surface area contributed by atoms with Crippen molar-refractivity contribution < 1.29 is 9.21 Å². The second-order valence-electron chi connectivity index (χ2n) is 9.14. The minimum atomic E-state index is -0.320. The number of carbonyl (C=O) groups excluding carboxylic acids is 1. The number of fused-ring (bicyclic) bond motifs is 1. The van der Waals surface area contributed by atoms with Gasteiger partial charge in [-0.25, -0.2) is 14.8 Å². The van der Waals surface area contributed by atoms with E-state index in [0.29, 0.717) is 23.6 Å². The number of urea groups is 1. The van der Waals surface area contributed by atoms with Gasteiger partial charge in [0.1, 0.15) is 17.9 Å². The Morgan fingerprint density at radius 2 is 1.48 bits per heavy atom. The van der Waals surface area contributed by atoms with Crippen molar-refractivity contribution in [2.24, 2.45) is 0 Å². The van der Waals surface area contributed by atoms with Crippen molar-refractivity contribution in [3.8, 4) is 22.5 Å². The van der Waals surface area contributed by atoms with Gasteiger partial charge in [-0.2, -0.15) is 0 Å². The molecule has 3 heterocycles. The smallest absolute Gasteiger partial charge is 0.323 e. The number of carbonyl (C=O) groups is 1. The molecule has 40 heavy (non-hydrogen) atoms. The Balaban J connectivity index is 1.18. The monoisotopic (exact) mass is 526 g/mol. The van der Waals surface area contributed by atoms with Crippen LogP contribution in [0.5, 0.6) is 0 Å². The van der Waals surface area contributed by atoms with Gasteiger partial charge >= 0.3 is 6.03 Å². The average molecular weight is 527 g/mol. The molecule has 0 atom stereocenters. The summed E-state index contributed by atoms with van der Waals surface area (Å²) in [5.41, 5.74) is 5.97. The SMILES string of the molecule is O=C(Nc1ccc(CCNc2ncnc3oc(-c4ccccc4)c(-c4ccccc4)c23)cc1)Nc1cccnc1. The van der Waals surface area contributed by atoms with Gasteiger partial charge in [0.25, 0.3) is 0 Å². The van der Waals surface area contributed by atoms with Gasteiger partial charge in [0, 0.05) is 29.6 Å². The van der Waals surface area contributed by atoms with E-state index >= 15 is 0 Å². The predicted octanol–water partition coefficient (Wildman–Crippen LogP) is 7.25. The molecule has 0 saturated carbocycles. The van der Waals surface area contributed by atoms with Gasteiger partial charge in [-0.15, -0.1) is 0 Å². The Hall–Kier alpha value is -5.50. The van der Waals surface area contributed by atoms with Crippen molar-refractivity contribution in [2.45, 2.75) is 6.42 Å². The number of hydrogen-bond donors (Lipinski definition) is 3. The highest BCUT2D eigenvalue weighted by Gasteiger charge is 2.21. The molecule has 6 aromatic rings. The van der Waals surface area contributed by atoms with Crippen molar-refractivity contribution in [1.82, 2.24) is 15.0 Å². The molecule has 2 amide bonds. The van der Waals surface area contributed by atoms with E-state index in [-0.39, 0.29) is 6.03 Å². The van der Waals surface area contributed by atoms with Crippen LogP contribution in [0, 0.1) is 0 Å². The summed E-state index contributed by atoms with van der Waals surface area (Å²) >= 11 is 0. The minimum absolute atomic E-state index is 0.320. The standard InChI is InChI=1S/C32H26N6O2/c39-32(38-26-12-7-18-33-20-26)37-25-15-13-22(14-16-25)17-19-34-30-28-27(23-8-3-1-4-9-23)29(24-10-5-2-6-11-24)40-31(28)36-21-35-30/h1-16,18,20-21H,17,19H2,(H,34,35,36)(H2,37,38,39). The lowest BCUT2D eigenvalue weighted by molar-refractivity contribution is 0.262. The molecular weight excluding hydrogens is 500 g/mol. The van der Waals surface area contributed by atoms with Crippen molar-refractivity contribution in [1.29, 1.82) is 0 Å². The summed E-state index contributed by atoms with van der Waals surface area (Å²) in [6.07, 6.45) is 5.53. The summed E-state index contributed by atoms with van der Waals surface area (Å²) in [7, 11) is 0. The molecule has 6 rings (SSSR count). The summed E-state index contributed by atoms with van der Waals surface area (Å²) < 4.78 is 6.29. The van der Waals surface area contributed by atoms with Crippen molar-refractivity contribution >= 4 is 34.3 Å². The first kappa shape index (κ1) is 24.8. The summed E-state index contributed by atoms with van der Waals surface area (Å²) in [4.78, 5) is 25.3. The van der Waals surface area contributed by atoms with Gasteiger partial charge in [0.2, 0.25) is 5.71 Å². The number of nitrogens with one attached hydrogen (secondary N) is 3. The van der Waals surface area contributed by atoms with E-state index in [1.807, 2.05) is 72.8 Å². The van der Waals surface area contributed by atoms with Crippen molar-refractivity contribution in [3.63, 3.8) is 0 Å². The van der Waals surface area contributed by atoms with Gasteiger partial charge in [0.05, 0.1) is 17.3 Å². The molecule has 0 bridgehead atoms. The summed E-state index contributed by atoms with van der Waals surface area (Å²) in [6.45, 7) is 0.653. The number of pyridine rings is 1. The largest absolute Gasteiger partial charge is 0.437 e. The Bertz CT molecular complexity index is 1720. The lowest BCUT2D eigenvalue weighted by atomic mass is 9.99. The summed E-state index contributed by atoms with van der Waals surface area (Å²) in [6, 6.07) is 31.2. The lowest BCUT2D eigenvalue weighted by Crippen LogP contribution is -2.19. The van der Waals surface area contributed by atoms with Gasteiger partial charge < -0.3 is 20.4 Å². The highest BCUT2D eigenvalue weighted by molar-refractivity contribution is 6.05. The fraction of sp³-hybridized carbons (Fsp3) is 0.0625. The Labute approximate surface area is 231 Å². The number of aromatic nitrogens is 3. The summed E-state index contributed by atoms with van der Waals surface area (Å²) in [5.74, 6) is 1.49. The van der Waals surface area contributed by atoms with Crippen LogP contribution in [-0.2, 0) is 6.42 Å². The van der Waals surface area contributed by atoms with Crippen LogP contribution in [0.15, 0.2) is 120 Å². The zero-order chi connectivity index (χ0) is 27.1. The molecule has 0 aliphatic carbocycles. The third-order valence-corrected chi connectivity index (χ3v) is 6.42. The first-order chi connectivity index (χ1) is 19.7. The maximum absolute atomic E-state index is 12.2. The number of nitrogens with zero attached hydrogens (tertiary/aromatic N) is 3. The van der Waals surface area contributed by atoms with E-state index in [1.54, 1.807) is 24.5 Å². The molecule has 3 aromatic carbocycles. The van der Waals surface area contributed by atoms with Crippen LogP contribution in [0.1, 0.15) is 5.56 Å². The van der Waals surface area contributed by atoms with E-state index in [9.17, 15) is 4.79 Å². The number of hydrogen-bond acceptors (Lipinski definition) is 6. The van der Waals surface area contributed by atoms with Crippen molar-refractivity contribution in [2.75, 3.05) is 22.5 Å². The van der Waals surface area contributed by atoms with Gasteiger partial charge in [-0.1, -0.05) is 72.8 Å². The lowest BCUT2D eigenvalue weighted by Gasteiger charge is -2.10. The highest BCUT2D eigenvalue weighted by atomic mass is 16.3. The molecule has 8 heteroatoms. The topological polar surface area (TPSA) is 105 Å². The third kappa shape index (κ3) is 5.51. The van der Waals surface area contributed by atoms with Crippen LogP contribution in [0.3, 0.4) is 0 Å². The van der Waals surface area contributed by atoms with E-state index in [4.69, 9.17) is 4.42 Å². The molecule has 0 aliphatic rings. The number of benzene rings is 3. The maximum atomic E-state index is 12.2. The second kappa shape index (κ2) is 11.5. The third-order valence-electron chi connectivity index (χ3n) is 6.42. The Morgan fingerprint density at radius 1 is 0.750 bits per heavy atom. The molecule has 8 nitrogen and oxygen atoms in total. The number of amides is 2. The molecule has 0 saturated heterocycles. The molecule has 0 spiro atoms. The van der Waals surface area contributed by atoms with E-state index in [0.717, 1.165) is 45.6 Å². The molecule has 0 fully saturated rings. The van der Waals surface area contributed by atoms with Crippen LogP contribution in [0.25, 0.3) is 33.6 Å². The van der Waals surface area contributed by atoms with E-state index in [2.05, 4.69) is 43.0 Å². The number of furan rings is 1. The van der Waals surface area contributed by atoms with Crippen LogP contribution in [0.4, 0.5) is 22.0 Å². The van der Waals surface area contributed by atoms with Gasteiger partial charge in [0.15, 0.2) is 0 Å². The fourth-order valence-corrected chi connectivity index (χ4v) is 4.55. The van der Waals surface area contributed by atoms with E-state index < -0.39 is 0 Å². The predicted molar refractivity (Wildman–Crippen MR) is 158 cm³/mol. The number of anilines is 3. The molecule has 0 radical (unpaired) electrons. The highest BCUT2D eigenvalue weighted by Crippen LogP contribution is 2.42. The van der Waals surface area contributed by atoms with Crippen molar-refractivity contribution in [3.05, 3.63) is 121 Å². The Morgan fingerprint density at radius 3 is 2.20 bits per heavy atom. The first-order valence-electron chi connectivity index (χ1n) is 12.9. The van der Waals surface area contributed by atoms with Crippen LogP contribution in [-0.4, -0.2) is 27.5 Å². The maximum Gasteiger partial charge on any atom is 0.323 e. The molecule has 3 aromatic heterocycles. The Kier molecular flexibility index (Phi) is 7.13. The molecule has 3 N–H and O–H groups in total. The fourth-order valence-electron chi connectivity index (χ4n) is 4.55. The van der Waals surface area contributed by atoms with Crippen LogP contribution >= 0.6 is 0 Å². The zero-order valence-electron chi connectivity index (χ0n) is 21.5. The van der Waals surface area contributed by atoms with Crippen LogP contribution < -0.4 is 16.0 Å². The molecule has 0 unspecified atom stereocenters. The zero-order valence-corrected chi connectivity index (χ0v) is 21.5. The molecular formula is C32H26N6O2. The summed E-state index contributed by atoms with van der Waals surface area (Å²) in [5, 5.41) is 9.94. The van der Waals surface area contributed by atoms with E-state index in [1.165, 1.54) is 6.33 Å². The molecule has 196 valence electrons. The van der Waals surface area contributed by atoms with Gasteiger partial charge in [-0.05, 0) is 41.8 Å². The first-order valence-corrected chi connectivity index (χ1v) is 12.9. The number of rotatable bonds is 8. The molecule has 0 aliphatic heterocycles. The quantitative estimate of drug-likeness (QED) is 0.193.